The van der Waals surface area contributed by atoms with E-state index in [9.17, 15) is 42.1 Å². The second-order valence-corrected chi connectivity index (χ2v) is 33.9. The fraction of sp³-hybridized carbons (Fsp3) is 0. The number of benzene rings is 24. The molecule has 0 spiro atoms. The van der Waals surface area contributed by atoms with Crippen LogP contribution in [0.1, 0.15) is 44.5 Å². The van der Waals surface area contributed by atoms with Gasteiger partial charge in [0.2, 0.25) is 0 Å². The molecule has 28 aromatic rings. The van der Waals surface area contributed by atoms with Gasteiger partial charge >= 0.3 is 0 Å². The molecule has 0 N–H and O–H groups in total. The standard InChI is InChI=1S/C32H16N2.C31H15N3.C30H14N4.C28H12N6/c33-17-21-15-28-27-13-19-7-1-2-8-20(19)14-29(27)31-25-11-5-3-9-23(25)24-10-4-6-12-26(24)32(31)30(28)16-22(21)18-34;32-16-19-14-25-26(15-20(19)17-33)31-27(13-18-7-1-6-12-28(18)34-31)30-24-11-5-3-9-22(24)21-8-2-4-10-23(21)29(25)30;31-15-17-13-23-24(14-18(17)16-32)29-30(34-26-12-6-5-11-25(26)33-29)28-22-10-4-2-8-20(22)19-7-1-3-9-21(19)27(23)28;29-13-15-11-21-22(12-16(15)14-30)25-26(34-28-27(33-25)31-9-10-32-28)24-20-8-4-2-6-18(20)17-5-1-3-7-19(17)23(21)24/h1-16H;1-15H;1-14H;1-12H. The summed E-state index contributed by atoms with van der Waals surface area (Å²) in [7, 11) is 0. The topological polar surface area (TPSA) is 281 Å². The summed E-state index contributed by atoms with van der Waals surface area (Å²) in [5.41, 5.74) is 10.1. The predicted octanol–water partition coefficient (Wildman–Crippen LogP) is 29.2. The molecule has 0 radical (unpaired) electrons. The molecule has 0 atom stereocenters. The fourth-order valence-corrected chi connectivity index (χ4v) is 21.2. The molecule has 4 heterocycles. The maximum atomic E-state index is 9.82. The summed E-state index contributed by atoms with van der Waals surface area (Å²) in [4.78, 5) is 33.7. The Labute approximate surface area is 771 Å². The summed E-state index contributed by atoms with van der Waals surface area (Å²) in [6.07, 6.45) is 3.19. The van der Waals surface area contributed by atoms with E-state index >= 15 is 0 Å². The van der Waals surface area contributed by atoms with Crippen LogP contribution in [-0.4, -0.2) is 34.9 Å². The van der Waals surface area contributed by atoms with Crippen LogP contribution < -0.4 is 0 Å². The van der Waals surface area contributed by atoms with E-state index in [0.717, 1.165) is 200 Å². The average Bonchev–Trinajstić information content (AvgIpc) is 0.715. The van der Waals surface area contributed by atoms with Gasteiger partial charge in [0.15, 0.2) is 11.3 Å². The van der Waals surface area contributed by atoms with Gasteiger partial charge in [-0.25, -0.2) is 34.9 Å². The summed E-state index contributed by atoms with van der Waals surface area (Å²) >= 11 is 0. The lowest BCUT2D eigenvalue weighted by atomic mass is 9.85. The molecule has 0 aliphatic rings. The van der Waals surface area contributed by atoms with Gasteiger partial charge in [0.05, 0.1) is 83.1 Å². The molecule has 0 unspecified atom stereocenters. The zero-order valence-electron chi connectivity index (χ0n) is 71.6. The number of rotatable bonds is 0. The van der Waals surface area contributed by atoms with Crippen LogP contribution in [0.25, 0.3) is 260 Å². The summed E-state index contributed by atoms with van der Waals surface area (Å²) in [6, 6.07) is 131. The highest BCUT2D eigenvalue weighted by Crippen LogP contribution is 2.51. The number of fused-ring (bicyclic) bond motifs is 48. The maximum absolute atomic E-state index is 9.82. The van der Waals surface area contributed by atoms with Crippen LogP contribution in [0, 0.1) is 90.6 Å². The summed E-state index contributed by atoms with van der Waals surface area (Å²) in [6.45, 7) is 0. The molecule has 0 saturated heterocycles. The zero-order valence-corrected chi connectivity index (χ0v) is 71.6. The molecule has 136 heavy (non-hydrogen) atoms. The molecule has 15 nitrogen and oxygen atoms in total. The van der Waals surface area contributed by atoms with Crippen molar-refractivity contribution in [1.29, 1.82) is 42.1 Å². The Bertz CT molecular complexity index is 9590. The first-order valence-electron chi connectivity index (χ1n) is 44.0. The minimum Gasteiger partial charge on any atom is -0.247 e. The molecule has 0 aliphatic carbocycles. The van der Waals surface area contributed by atoms with Crippen molar-refractivity contribution in [2.45, 2.75) is 0 Å². The molecule has 0 bridgehead atoms. The first-order valence-corrected chi connectivity index (χ1v) is 44.0. The third-order valence-electron chi connectivity index (χ3n) is 27.0. The molecule has 0 fully saturated rings. The fourth-order valence-electron chi connectivity index (χ4n) is 21.2. The van der Waals surface area contributed by atoms with Gasteiger partial charge in [0, 0.05) is 66.3 Å². The molecule has 0 aliphatic heterocycles. The number of pyridine rings is 1. The highest BCUT2D eigenvalue weighted by atomic mass is 15.0. The Kier molecular flexibility index (Phi) is 17.7. The normalized spacial score (nSPS) is 11.5. The lowest BCUT2D eigenvalue weighted by Gasteiger charge is -2.17. The van der Waals surface area contributed by atoms with Gasteiger partial charge < -0.3 is 0 Å². The Balaban J connectivity index is 0.0000000965. The van der Waals surface area contributed by atoms with Gasteiger partial charge in [-0.2, -0.15) is 42.1 Å². The number of nitrogens with zero attached hydrogens (tertiary/aromatic N) is 15. The molecule has 616 valence electrons. The maximum Gasteiger partial charge on any atom is 0.198 e. The van der Waals surface area contributed by atoms with Crippen LogP contribution in [0.2, 0.25) is 0 Å². The Morgan fingerprint density at radius 1 is 0.147 bits per heavy atom. The van der Waals surface area contributed by atoms with Crippen molar-refractivity contribution in [1.82, 2.24) is 34.9 Å². The van der Waals surface area contributed by atoms with Crippen molar-refractivity contribution in [3.05, 3.63) is 391 Å². The van der Waals surface area contributed by atoms with E-state index in [1.165, 1.54) is 37.7 Å². The SMILES string of the molecule is N#Cc1cc2c(cc1C#N)c1c3ccccc3c3ccccc3c1c1cc3ccccc3nc21.N#Cc1cc2c(cc1C#N)c1c3ccccc3c3ccccc3c1c1nc3ccccc3nc21.N#Cc1cc2c(cc1C#N)c1c3ccccc3c3ccccc3c1c1nc3nccnc3nc21.N#Cc1cc2c3cc4ccccc4cc3c3c4ccccc4c4ccccc4c3c2cc1C#N. The van der Waals surface area contributed by atoms with E-state index in [0.29, 0.717) is 66.8 Å². The first-order chi connectivity index (χ1) is 67.1. The predicted molar refractivity (Wildman–Crippen MR) is 548 cm³/mol. The van der Waals surface area contributed by atoms with Crippen molar-refractivity contribution in [2.24, 2.45) is 0 Å². The van der Waals surface area contributed by atoms with Crippen molar-refractivity contribution in [3.63, 3.8) is 0 Å². The lowest BCUT2D eigenvalue weighted by Crippen LogP contribution is -1.97. The zero-order chi connectivity index (χ0) is 91.2. The van der Waals surface area contributed by atoms with Crippen molar-refractivity contribution >= 4 is 260 Å². The molecular weight excluding hydrogens is 1660 g/mol. The first kappa shape index (κ1) is 78.1. The molecule has 24 aromatic carbocycles. The van der Waals surface area contributed by atoms with Crippen LogP contribution in [0.4, 0.5) is 0 Å². The molecule has 4 aromatic heterocycles. The van der Waals surface area contributed by atoms with Crippen LogP contribution >= 0.6 is 0 Å². The van der Waals surface area contributed by atoms with Crippen molar-refractivity contribution in [3.8, 4) is 48.6 Å². The number of nitriles is 8. The number of aromatic nitrogens is 7. The summed E-state index contributed by atoms with van der Waals surface area (Å²) in [5, 5.41) is 119. The van der Waals surface area contributed by atoms with Gasteiger partial charge in [0.1, 0.15) is 54.1 Å². The lowest BCUT2D eigenvalue weighted by molar-refractivity contribution is 1.20. The molecule has 0 saturated carbocycles. The van der Waals surface area contributed by atoms with Crippen LogP contribution in [0.3, 0.4) is 0 Å². The van der Waals surface area contributed by atoms with E-state index in [-0.39, 0.29) is 0 Å². The molecular formula is C121H57N15. The average molecular weight is 1720 g/mol. The largest absolute Gasteiger partial charge is 0.247 e. The Hall–Kier alpha value is -20.2. The summed E-state index contributed by atoms with van der Waals surface area (Å²) < 4.78 is 0. The molecule has 0 amide bonds. The number of hydrogen-bond acceptors (Lipinski definition) is 15. The van der Waals surface area contributed by atoms with E-state index in [1.807, 2.05) is 115 Å². The Morgan fingerprint density at radius 3 is 0.706 bits per heavy atom. The quantitative estimate of drug-likeness (QED) is 0.101. The Morgan fingerprint density at radius 2 is 0.353 bits per heavy atom. The van der Waals surface area contributed by atoms with Gasteiger partial charge in [-0.1, -0.05) is 249 Å². The number of hydrogen-bond donors (Lipinski definition) is 0. The van der Waals surface area contributed by atoms with Crippen LogP contribution in [0.5, 0.6) is 0 Å². The van der Waals surface area contributed by atoms with Crippen molar-refractivity contribution in [2.75, 3.05) is 0 Å². The van der Waals surface area contributed by atoms with Gasteiger partial charge in [0.25, 0.3) is 0 Å². The van der Waals surface area contributed by atoms with E-state index < -0.39 is 0 Å². The third-order valence-corrected chi connectivity index (χ3v) is 27.0. The highest BCUT2D eigenvalue weighted by molar-refractivity contribution is 6.44. The van der Waals surface area contributed by atoms with Gasteiger partial charge in [-0.3, -0.25) is 0 Å². The minimum atomic E-state index is 0.307. The van der Waals surface area contributed by atoms with E-state index in [2.05, 4.69) is 259 Å². The second kappa shape index (κ2) is 30.8. The number of para-hydroxylation sites is 3. The molecule has 15 heteroatoms. The smallest absolute Gasteiger partial charge is 0.198 e. The highest BCUT2D eigenvalue weighted by Gasteiger charge is 2.27. The monoisotopic (exact) mass is 1720 g/mol. The van der Waals surface area contributed by atoms with E-state index in [4.69, 9.17) is 24.9 Å². The van der Waals surface area contributed by atoms with Crippen molar-refractivity contribution < 1.29 is 0 Å². The third kappa shape index (κ3) is 11.7. The van der Waals surface area contributed by atoms with Crippen LogP contribution in [0.15, 0.2) is 346 Å². The molecule has 28 rings (SSSR count). The van der Waals surface area contributed by atoms with Gasteiger partial charge in [-0.15, -0.1) is 0 Å². The van der Waals surface area contributed by atoms with E-state index in [1.54, 1.807) is 30.6 Å². The second-order valence-electron chi connectivity index (χ2n) is 33.9. The van der Waals surface area contributed by atoms with Crippen LogP contribution in [-0.2, 0) is 0 Å². The summed E-state index contributed by atoms with van der Waals surface area (Å²) in [5.74, 6) is 0. The minimum absolute atomic E-state index is 0.307. The van der Waals surface area contributed by atoms with Gasteiger partial charge in [-0.05, 0) is 236 Å².